The predicted octanol–water partition coefficient (Wildman–Crippen LogP) is 3.74. The van der Waals surface area contributed by atoms with Crippen molar-refractivity contribution < 1.29 is 9.53 Å². The molecular formula is C13H9BrClNO2. The summed E-state index contributed by atoms with van der Waals surface area (Å²) in [6.07, 6.45) is 1.54. The molecule has 0 aliphatic carbocycles. The highest BCUT2D eigenvalue weighted by Crippen LogP contribution is 2.29. The number of ketones is 1. The van der Waals surface area contributed by atoms with Gasteiger partial charge in [-0.3, -0.25) is 4.79 Å². The number of hydrogen-bond acceptors (Lipinski definition) is 3. The Morgan fingerprint density at radius 2 is 2.11 bits per heavy atom. The van der Waals surface area contributed by atoms with E-state index in [0.717, 1.165) is 0 Å². The molecule has 0 fully saturated rings. The van der Waals surface area contributed by atoms with Crippen LogP contribution < -0.4 is 4.74 Å². The number of nitrogens with zero attached hydrogens (tertiary/aromatic N) is 1. The average molecular weight is 327 g/mol. The molecule has 0 unspecified atom stereocenters. The fourth-order valence-corrected chi connectivity index (χ4v) is 2.11. The smallest absolute Gasteiger partial charge is 0.216 e. The number of pyridine rings is 1. The lowest BCUT2D eigenvalue weighted by molar-refractivity contribution is 0.103. The maximum Gasteiger partial charge on any atom is 0.216 e. The normalized spacial score (nSPS) is 10.2. The quantitative estimate of drug-likeness (QED) is 0.807. The van der Waals surface area contributed by atoms with Crippen LogP contribution in [0.25, 0.3) is 0 Å². The van der Waals surface area contributed by atoms with Crippen LogP contribution in [0, 0.1) is 0 Å². The first kappa shape index (κ1) is 13.1. The molecule has 1 aromatic heterocycles. The van der Waals surface area contributed by atoms with Gasteiger partial charge in [0.15, 0.2) is 5.69 Å². The van der Waals surface area contributed by atoms with E-state index in [0.29, 0.717) is 20.8 Å². The monoisotopic (exact) mass is 325 g/mol. The minimum absolute atomic E-state index is 0.250. The molecule has 0 saturated heterocycles. The zero-order valence-corrected chi connectivity index (χ0v) is 11.8. The van der Waals surface area contributed by atoms with Gasteiger partial charge in [-0.05, 0) is 40.2 Å². The molecule has 0 saturated carbocycles. The molecule has 1 heterocycles. The number of ether oxygens (including phenoxy) is 1. The van der Waals surface area contributed by atoms with Crippen molar-refractivity contribution in [3.8, 4) is 5.75 Å². The molecule has 0 aliphatic heterocycles. The number of hydrogen-bond donors (Lipinski definition) is 0. The summed E-state index contributed by atoms with van der Waals surface area (Å²) in [5.74, 6) is 0.164. The van der Waals surface area contributed by atoms with E-state index in [-0.39, 0.29) is 11.5 Å². The van der Waals surface area contributed by atoms with E-state index in [4.69, 9.17) is 16.3 Å². The number of rotatable bonds is 3. The molecule has 1 aromatic carbocycles. The fraction of sp³-hybridized carbons (Fsp3) is 0.0769. The van der Waals surface area contributed by atoms with Gasteiger partial charge in [-0.2, -0.15) is 0 Å². The van der Waals surface area contributed by atoms with Crippen LogP contribution in [-0.2, 0) is 0 Å². The van der Waals surface area contributed by atoms with Crippen LogP contribution >= 0.6 is 27.5 Å². The number of carbonyl (C=O) groups is 1. The molecule has 18 heavy (non-hydrogen) atoms. The van der Waals surface area contributed by atoms with Crippen molar-refractivity contribution in [2.24, 2.45) is 0 Å². The van der Waals surface area contributed by atoms with Gasteiger partial charge in [-0.1, -0.05) is 17.7 Å². The number of benzene rings is 1. The van der Waals surface area contributed by atoms with E-state index in [2.05, 4.69) is 20.9 Å². The summed E-state index contributed by atoms with van der Waals surface area (Å²) in [7, 11) is 1.50. The number of halogens is 2. The van der Waals surface area contributed by atoms with Crippen molar-refractivity contribution in [1.82, 2.24) is 4.98 Å². The molecule has 2 aromatic rings. The molecule has 0 spiro atoms. The van der Waals surface area contributed by atoms with Crippen molar-refractivity contribution in [3.05, 3.63) is 57.3 Å². The lowest BCUT2D eigenvalue weighted by Crippen LogP contribution is -2.07. The van der Waals surface area contributed by atoms with Gasteiger partial charge in [0.1, 0.15) is 5.75 Å². The van der Waals surface area contributed by atoms with Gasteiger partial charge in [0.05, 0.1) is 12.1 Å². The second kappa shape index (κ2) is 5.50. The first-order valence-corrected chi connectivity index (χ1v) is 6.30. The number of carbonyl (C=O) groups excluding carboxylic acids is 1. The van der Waals surface area contributed by atoms with E-state index in [9.17, 15) is 4.79 Å². The molecule has 92 valence electrons. The zero-order chi connectivity index (χ0) is 13.1. The minimum Gasteiger partial charge on any atom is -0.494 e. The Kier molecular flexibility index (Phi) is 3.99. The Bertz CT molecular complexity index is 601. The van der Waals surface area contributed by atoms with E-state index in [1.54, 1.807) is 36.5 Å². The molecule has 2 rings (SSSR count). The van der Waals surface area contributed by atoms with Crippen molar-refractivity contribution in [2.75, 3.05) is 7.11 Å². The van der Waals surface area contributed by atoms with E-state index < -0.39 is 0 Å². The Labute approximate surface area is 118 Å². The molecule has 0 N–H and O–H groups in total. The van der Waals surface area contributed by atoms with Crippen LogP contribution in [0.3, 0.4) is 0 Å². The number of aromatic nitrogens is 1. The van der Waals surface area contributed by atoms with Gasteiger partial charge in [0.2, 0.25) is 5.78 Å². The van der Waals surface area contributed by atoms with E-state index >= 15 is 0 Å². The first-order chi connectivity index (χ1) is 8.65. The molecule has 3 nitrogen and oxygen atoms in total. The maximum absolute atomic E-state index is 12.4. The summed E-state index contributed by atoms with van der Waals surface area (Å²) in [4.78, 5) is 16.4. The molecule has 0 radical (unpaired) electrons. The average Bonchev–Trinajstić information content (AvgIpc) is 2.41. The number of methoxy groups -OCH3 is 1. The second-order valence-corrected chi connectivity index (χ2v) is 4.72. The zero-order valence-electron chi connectivity index (χ0n) is 9.48. The standard InChI is InChI=1S/C13H9BrClNO2/c1-18-10-6-3-7-16-12(10)13(17)8-4-2-5-9(14)11(8)15/h2-7H,1H3. The van der Waals surface area contributed by atoms with Crippen LogP contribution in [0.2, 0.25) is 5.02 Å². The van der Waals surface area contributed by atoms with Gasteiger partial charge in [0, 0.05) is 16.2 Å². The third-order valence-corrected chi connectivity index (χ3v) is 3.70. The Morgan fingerprint density at radius 1 is 1.33 bits per heavy atom. The van der Waals surface area contributed by atoms with E-state index in [1.807, 2.05) is 0 Å². The molecule has 0 bridgehead atoms. The molecule has 0 amide bonds. The van der Waals surface area contributed by atoms with Crippen LogP contribution in [0.5, 0.6) is 5.75 Å². The lowest BCUT2D eigenvalue weighted by atomic mass is 10.1. The van der Waals surface area contributed by atoms with Crippen LogP contribution in [-0.4, -0.2) is 17.9 Å². The van der Waals surface area contributed by atoms with Gasteiger partial charge >= 0.3 is 0 Å². The first-order valence-electron chi connectivity index (χ1n) is 5.13. The molecule has 0 aliphatic rings. The predicted molar refractivity (Wildman–Crippen MR) is 73.4 cm³/mol. The largest absolute Gasteiger partial charge is 0.494 e. The third-order valence-electron chi connectivity index (χ3n) is 2.40. The highest BCUT2D eigenvalue weighted by molar-refractivity contribution is 9.10. The topological polar surface area (TPSA) is 39.2 Å². The molecule has 0 atom stereocenters. The van der Waals surface area contributed by atoms with Crippen LogP contribution in [0.1, 0.15) is 16.1 Å². The SMILES string of the molecule is COc1cccnc1C(=O)c1cccc(Br)c1Cl. The summed E-state index contributed by atoms with van der Waals surface area (Å²) in [5.41, 5.74) is 0.642. The Balaban J connectivity index is 2.52. The summed E-state index contributed by atoms with van der Waals surface area (Å²) < 4.78 is 5.79. The summed E-state index contributed by atoms with van der Waals surface area (Å²) in [6.45, 7) is 0. The van der Waals surface area contributed by atoms with E-state index in [1.165, 1.54) is 7.11 Å². The maximum atomic E-state index is 12.4. The fourth-order valence-electron chi connectivity index (χ4n) is 1.53. The minimum atomic E-state index is -0.265. The van der Waals surface area contributed by atoms with Crippen molar-refractivity contribution in [2.45, 2.75) is 0 Å². The highest BCUT2D eigenvalue weighted by atomic mass is 79.9. The summed E-state index contributed by atoms with van der Waals surface area (Å²) in [5, 5.41) is 0.371. The highest BCUT2D eigenvalue weighted by Gasteiger charge is 2.19. The van der Waals surface area contributed by atoms with Crippen molar-refractivity contribution in [1.29, 1.82) is 0 Å². The van der Waals surface area contributed by atoms with Gasteiger partial charge in [0.25, 0.3) is 0 Å². The Hall–Kier alpha value is -1.39. The van der Waals surface area contributed by atoms with Gasteiger partial charge in [-0.25, -0.2) is 4.98 Å². The van der Waals surface area contributed by atoms with Crippen LogP contribution in [0.4, 0.5) is 0 Å². The van der Waals surface area contributed by atoms with Gasteiger partial charge in [-0.15, -0.1) is 0 Å². The van der Waals surface area contributed by atoms with Crippen LogP contribution in [0.15, 0.2) is 41.0 Å². The van der Waals surface area contributed by atoms with Crippen molar-refractivity contribution in [3.63, 3.8) is 0 Å². The lowest BCUT2D eigenvalue weighted by Gasteiger charge is -2.08. The molecule has 5 heteroatoms. The van der Waals surface area contributed by atoms with Crippen molar-refractivity contribution >= 4 is 33.3 Å². The summed E-state index contributed by atoms with van der Waals surface area (Å²) >= 11 is 9.38. The second-order valence-electron chi connectivity index (χ2n) is 3.48. The third kappa shape index (κ3) is 2.40. The molecular weight excluding hydrogens is 318 g/mol. The summed E-state index contributed by atoms with van der Waals surface area (Å²) in [6, 6.07) is 8.57. The Morgan fingerprint density at radius 3 is 2.83 bits per heavy atom. The van der Waals surface area contributed by atoms with Gasteiger partial charge < -0.3 is 4.74 Å².